The molecule has 0 fully saturated rings. The second kappa shape index (κ2) is 5.26. The molecule has 0 radical (unpaired) electrons. The highest BCUT2D eigenvalue weighted by Gasteiger charge is 2.08. The number of halogens is 1. The number of terminal acetylenes is 1. The Bertz CT molecular complexity index is 542. The Balaban J connectivity index is 2.07. The molecule has 86 valence electrons. The SMILES string of the molecule is C#CCCc1nc(Cc2ccccc2F)no1. The van der Waals surface area contributed by atoms with Gasteiger partial charge in [0.25, 0.3) is 0 Å². The molecule has 1 heterocycles. The van der Waals surface area contributed by atoms with Crippen LogP contribution in [0.25, 0.3) is 0 Å². The van der Waals surface area contributed by atoms with Gasteiger partial charge in [0.1, 0.15) is 5.82 Å². The summed E-state index contributed by atoms with van der Waals surface area (Å²) in [7, 11) is 0. The molecule has 1 aromatic heterocycles. The van der Waals surface area contributed by atoms with Crippen molar-refractivity contribution in [1.29, 1.82) is 0 Å². The van der Waals surface area contributed by atoms with Gasteiger partial charge in [0.15, 0.2) is 5.82 Å². The van der Waals surface area contributed by atoms with Crippen molar-refractivity contribution in [1.82, 2.24) is 10.1 Å². The first kappa shape index (κ1) is 11.3. The van der Waals surface area contributed by atoms with E-state index in [0.29, 0.717) is 36.5 Å². The maximum Gasteiger partial charge on any atom is 0.227 e. The van der Waals surface area contributed by atoms with E-state index in [1.54, 1.807) is 18.2 Å². The van der Waals surface area contributed by atoms with Gasteiger partial charge in [0, 0.05) is 19.3 Å². The van der Waals surface area contributed by atoms with Gasteiger partial charge in [-0.3, -0.25) is 0 Å². The van der Waals surface area contributed by atoms with Gasteiger partial charge < -0.3 is 4.52 Å². The fourth-order valence-electron chi connectivity index (χ4n) is 1.45. The topological polar surface area (TPSA) is 38.9 Å². The molecule has 0 aliphatic rings. The van der Waals surface area contributed by atoms with Gasteiger partial charge in [-0.05, 0) is 11.6 Å². The minimum atomic E-state index is -0.262. The Morgan fingerprint density at radius 1 is 1.35 bits per heavy atom. The summed E-state index contributed by atoms with van der Waals surface area (Å²) < 4.78 is 18.4. The predicted octanol–water partition coefficient (Wildman–Crippen LogP) is 2.37. The smallest absolute Gasteiger partial charge is 0.227 e. The fourth-order valence-corrected chi connectivity index (χ4v) is 1.45. The molecule has 2 aromatic rings. The van der Waals surface area contributed by atoms with E-state index in [1.165, 1.54) is 6.07 Å². The minimum absolute atomic E-state index is 0.262. The Morgan fingerprint density at radius 3 is 2.94 bits per heavy atom. The third-order valence-electron chi connectivity index (χ3n) is 2.30. The Labute approximate surface area is 98.7 Å². The first-order valence-electron chi connectivity index (χ1n) is 5.28. The lowest BCUT2D eigenvalue weighted by molar-refractivity contribution is 0.374. The molecule has 0 N–H and O–H groups in total. The second-order valence-corrected chi connectivity index (χ2v) is 3.58. The summed E-state index contributed by atoms with van der Waals surface area (Å²) in [6.45, 7) is 0. The van der Waals surface area contributed by atoms with Crippen molar-refractivity contribution >= 4 is 0 Å². The zero-order valence-electron chi connectivity index (χ0n) is 9.19. The zero-order chi connectivity index (χ0) is 12.1. The van der Waals surface area contributed by atoms with Crippen molar-refractivity contribution in [3.05, 3.63) is 47.4 Å². The number of nitrogens with zero attached hydrogens (tertiary/aromatic N) is 2. The number of rotatable bonds is 4. The molecule has 2 rings (SSSR count). The molecule has 0 unspecified atom stereocenters. The quantitative estimate of drug-likeness (QED) is 0.757. The van der Waals surface area contributed by atoms with Crippen LogP contribution in [0.15, 0.2) is 28.8 Å². The molecule has 1 aromatic carbocycles. The Hall–Kier alpha value is -2.15. The molecule has 0 bridgehead atoms. The Kier molecular flexibility index (Phi) is 3.51. The van der Waals surface area contributed by atoms with Crippen LogP contribution in [0.4, 0.5) is 4.39 Å². The van der Waals surface area contributed by atoms with E-state index in [9.17, 15) is 4.39 Å². The largest absolute Gasteiger partial charge is 0.339 e. The zero-order valence-corrected chi connectivity index (χ0v) is 9.19. The maximum atomic E-state index is 13.4. The van der Waals surface area contributed by atoms with Crippen LogP contribution < -0.4 is 0 Å². The molecule has 0 spiro atoms. The predicted molar refractivity (Wildman–Crippen MR) is 60.7 cm³/mol. The van der Waals surface area contributed by atoms with Crippen molar-refractivity contribution in [2.24, 2.45) is 0 Å². The van der Waals surface area contributed by atoms with E-state index < -0.39 is 0 Å². The van der Waals surface area contributed by atoms with Gasteiger partial charge in [0.2, 0.25) is 5.89 Å². The molecule has 0 atom stereocenters. The van der Waals surface area contributed by atoms with Gasteiger partial charge >= 0.3 is 0 Å². The fraction of sp³-hybridized carbons (Fsp3) is 0.231. The first-order valence-corrected chi connectivity index (χ1v) is 5.28. The van der Waals surface area contributed by atoms with E-state index >= 15 is 0 Å². The molecule has 0 saturated heterocycles. The molecule has 0 aliphatic carbocycles. The van der Waals surface area contributed by atoms with Gasteiger partial charge in [-0.2, -0.15) is 4.98 Å². The van der Waals surface area contributed by atoms with Crippen LogP contribution in [0.2, 0.25) is 0 Å². The van der Waals surface area contributed by atoms with Crippen LogP contribution >= 0.6 is 0 Å². The van der Waals surface area contributed by atoms with Crippen LogP contribution in [0.3, 0.4) is 0 Å². The molecular formula is C13H11FN2O. The summed E-state index contributed by atoms with van der Waals surface area (Å²) in [4.78, 5) is 4.14. The lowest BCUT2D eigenvalue weighted by atomic mass is 10.1. The summed E-state index contributed by atoms with van der Waals surface area (Å²) in [5, 5.41) is 3.78. The minimum Gasteiger partial charge on any atom is -0.339 e. The van der Waals surface area contributed by atoms with E-state index in [0.717, 1.165) is 0 Å². The lowest BCUT2D eigenvalue weighted by Crippen LogP contribution is -1.94. The van der Waals surface area contributed by atoms with E-state index in [4.69, 9.17) is 10.9 Å². The van der Waals surface area contributed by atoms with Crippen molar-refractivity contribution in [3.63, 3.8) is 0 Å². The number of hydrogen-bond donors (Lipinski definition) is 0. The average Bonchev–Trinajstić information content (AvgIpc) is 2.77. The molecule has 17 heavy (non-hydrogen) atoms. The summed E-state index contributed by atoms with van der Waals surface area (Å²) in [6, 6.07) is 6.53. The van der Waals surface area contributed by atoms with Crippen molar-refractivity contribution in [3.8, 4) is 12.3 Å². The number of benzene rings is 1. The van der Waals surface area contributed by atoms with Crippen LogP contribution in [-0.4, -0.2) is 10.1 Å². The van der Waals surface area contributed by atoms with Crippen molar-refractivity contribution < 1.29 is 8.91 Å². The first-order chi connectivity index (χ1) is 8.29. The van der Waals surface area contributed by atoms with Gasteiger partial charge in [0.05, 0.1) is 0 Å². The molecule has 0 aliphatic heterocycles. The summed E-state index contributed by atoms with van der Waals surface area (Å²) in [5.41, 5.74) is 0.553. The monoisotopic (exact) mass is 230 g/mol. The van der Waals surface area contributed by atoms with Crippen molar-refractivity contribution in [2.45, 2.75) is 19.3 Å². The van der Waals surface area contributed by atoms with Gasteiger partial charge in [-0.15, -0.1) is 12.3 Å². The molecule has 3 nitrogen and oxygen atoms in total. The highest BCUT2D eigenvalue weighted by molar-refractivity contribution is 5.20. The van der Waals surface area contributed by atoms with Gasteiger partial charge in [-0.25, -0.2) is 4.39 Å². The molecule has 4 heteroatoms. The van der Waals surface area contributed by atoms with E-state index in [1.807, 2.05) is 0 Å². The van der Waals surface area contributed by atoms with Gasteiger partial charge in [-0.1, -0.05) is 23.4 Å². The Morgan fingerprint density at radius 2 is 2.18 bits per heavy atom. The third-order valence-corrected chi connectivity index (χ3v) is 2.30. The average molecular weight is 230 g/mol. The standard InChI is InChI=1S/C13H11FN2O/c1-2-3-8-13-15-12(16-17-13)9-10-6-4-5-7-11(10)14/h1,4-7H,3,8-9H2. The van der Waals surface area contributed by atoms with Crippen LogP contribution in [0.1, 0.15) is 23.7 Å². The van der Waals surface area contributed by atoms with E-state index in [2.05, 4.69) is 16.1 Å². The van der Waals surface area contributed by atoms with Crippen molar-refractivity contribution in [2.75, 3.05) is 0 Å². The highest BCUT2D eigenvalue weighted by atomic mass is 19.1. The summed E-state index contributed by atoms with van der Waals surface area (Å²) in [6.07, 6.45) is 6.58. The summed E-state index contributed by atoms with van der Waals surface area (Å²) in [5.74, 6) is 3.20. The number of hydrogen-bond acceptors (Lipinski definition) is 3. The van der Waals surface area contributed by atoms with Crippen LogP contribution in [-0.2, 0) is 12.8 Å². The third kappa shape index (κ3) is 2.91. The molecular weight excluding hydrogens is 219 g/mol. The molecule has 0 amide bonds. The number of aryl methyl sites for hydroxylation is 1. The second-order valence-electron chi connectivity index (χ2n) is 3.58. The number of aromatic nitrogens is 2. The van der Waals surface area contributed by atoms with Crippen LogP contribution in [0.5, 0.6) is 0 Å². The maximum absolute atomic E-state index is 13.4. The highest BCUT2D eigenvalue weighted by Crippen LogP contribution is 2.11. The lowest BCUT2D eigenvalue weighted by Gasteiger charge is -1.97. The van der Waals surface area contributed by atoms with E-state index in [-0.39, 0.29) is 5.82 Å². The summed E-state index contributed by atoms with van der Waals surface area (Å²) >= 11 is 0. The normalized spacial score (nSPS) is 10.1. The molecule has 0 saturated carbocycles. The van der Waals surface area contributed by atoms with Crippen LogP contribution in [0, 0.1) is 18.2 Å².